The highest BCUT2D eigenvalue weighted by molar-refractivity contribution is 6.00. The van der Waals surface area contributed by atoms with Crippen LogP contribution in [0, 0.1) is 19.7 Å². The van der Waals surface area contributed by atoms with Gasteiger partial charge in [0.2, 0.25) is 0 Å². The van der Waals surface area contributed by atoms with Crippen molar-refractivity contribution in [2.24, 2.45) is 0 Å². The molecule has 0 spiro atoms. The molecule has 0 aliphatic carbocycles. The van der Waals surface area contributed by atoms with Crippen LogP contribution in [0.5, 0.6) is 5.75 Å². The molecule has 1 atom stereocenters. The normalized spacial score (nSPS) is 19.6. The topological polar surface area (TPSA) is 65.9 Å². The van der Waals surface area contributed by atoms with E-state index >= 15 is 0 Å². The number of rotatable bonds is 4. The minimum absolute atomic E-state index is 0.0745. The molecule has 0 saturated carbocycles. The van der Waals surface area contributed by atoms with E-state index in [4.69, 9.17) is 9.72 Å². The van der Waals surface area contributed by atoms with Gasteiger partial charge < -0.3 is 19.6 Å². The molecule has 2 aliphatic rings. The van der Waals surface area contributed by atoms with Crippen molar-refractivity contribution in [2.75, 3.05) is 31.6 Å². The van der Waals surface area contributed by atoms with Crippen LogP contribution in [-0.2, 0) is 0 Å². The van der Waals surface area contributed by atoms with Crippen LogP contribution in [0.25, 0.3) is 0 Å². The standard InChI is InChI=1S/C22H26FN3O3/c1-13-14(2)21(24-20-18(12-27)25(3)22(28)19(13)20)26-10-8-17(9-11-26)29-16-6-4-15(23)5-7-16/h4-7,17-18,27H,8-12H2,1-3H3/t18-/m1/s1. The molecule has 0 unspecified atom stereocenters. The van der Waals surface area contributed by atoms with Crippen LogP contribution in [0.2, 0.25) is 0 Å². The van der Waals surface area contributed by atoms with Crippen LogP contribution < -0.4 is 9.64 Å². The molecule has 0 bridgehead atoms. The van der Waals surface area contributed by atoms with E-state index in [1.165, 1.54) is 12.1 Å². The summed E-state index contributed by atoms with van der Waals surface area (Å²) in [6.07, 6.45) is 1.73. The number of aliphatic hydroxyl groups is 1. The van der Waals surface area contributed by atoms with Crippen molar-refractivity contribution in [3.05, 3.63) is 52.5 Å². The monoisotopic (exact) mass is 399 g/mol. The number of halogens is 1. The van der Waals surface area contributed by atoms with Crippen LogP contribution in [-0.4, -0.2) is 53.7 Å². The van der Waals surface area contributed by atoms with Crippen LogP contribution in [0.15, 0.2) is 24.3 Å². The molecular formula is C22H26FN3O3. The van der Waals surface area contributed by atoms with E-state index in [9.17, 15) is 14.3 Å². The second kappa shape index (κ2) is 7.63. The van der Waals surface area contributed by atoms with Gasteiger partial charge in [0.25, 0.3) is 5.91 Å². The first-order chi connectivity index (χ1) is 13.9. The number of piperidine rings is 1. The van der Waals surface area contributed by atoms with Crippen LogP contribution in [0.3, 0.4) is 0 Å². The first-order valence-corrected chi connectivity index (χ1v) is 9.97. The fourth-order valence-electron chi connectivity index (χ4n) is 4.22. The van der Waals surface area contributed by atoms with E-state index in [-0.39, 0.29) is 24.4 Å². The number of aromatic nitrogens is 1. The Morgan fingerprint density at radius 3 is 2.45 bits per heavy atom. The van der Waals surface area contributed by atoms with Crippen molar-refractivity contribution in [2.45, 2.75) is 38.8 Å². The number of hydrogen-bond acceptors (Lipinski definition) is 5. The molecule has 7 heteroatoms. The van der Waals surface area contributed by atoms with E-state index < -0.39 is 6.04 Å². The fourth-order valence-corrected chi connectivity index (χ4v) is 4.22. The van der Waals surface area contributed by atoms with Crippen molar-refractivity contribution < 1.29 is 19.0 Å². The van der Waals surface area contributed by atoms with Gasteiger partial charge in [0.05, 0.1) is 23.9 Å². The van der Waals surface area contributed by atoms with Gasteiger partial charge in [0, 0.05) is 33.0 Å². The Bertz CT molecular complexity index is 924. The van der Waals surface area contributed by atoms with E-state index in [1.54, 1.807) is 24.1 Å². The molecule has 3 heterocycles. The van der Waals surface area contributed by atoms with Gasteiger partial charge in [0.15, 0.2) is 0 Å². The van der Waals surface area contributed by atoms with E-state index in [2.05, 4.69) is 4.90 Å². The summed E-state index contributed by atoms with van der Waals surface area (Å²) in [5, 5.41) is 9.77. The Hall–Kier alpha value is -2.67. The maximum Gasteiger partial charge on any atom is 0.256 e. The third kappa shape index (κ3) is 3.44. The molecule has 2 aromatic rings. The van der Waals surface area contributed by atoms with Crippen LogP contribution >= 0.6 is 0 Å². The molecule has 4 rings (SSSR count). The van der Waals surface area contributed by atoms with Gasteiger partial charge in [-0.15, -0.1) is 0 Å². The molecule has 154 valence electrons. The molecule has 1 amide bonds. The number of pyridine rings is 1. The number of carbonyl (C=O) groups excluding carboxylic acids is 1. The van der Waals surface area contributed by atoms with Crippen molar-refractivity contribution in [3.63, 3.8) is 0 Å². The number of anilines is 1. The van der Waals surface area contributed by atoms with Crippen LogP contribution in [0.4, 0.5) is 10.2 Å². The van der Waals surface area contributed by atoms with Crippen molar-refractivity contribution >= 4 is 11.7 Å². The van der Waals surface area contributed by atoms with Crippen molar-refractivity contribution in [1.29, 1.82) is 0 Å². The summed E-state index contributed by atoms with van der Waals surface area (Å²) in [5.41, 5.74) is 3.23. The summed E-state index contributed by atoms with van der Waals surface area (Å²) in [7, 11) is 1.71. The Morgan fingerprint density at radius 1 is 1.17 bits per heavy atom. The Labute approximate surface area is 169 Å². The number of aliphatic hydroxyl groups excluding tert-OH is 1. The second-order valence-corrected chi connectivity index (χ2v) is 7.82. The third-order valence-corrected chi connectivity index (χ3v) is 6.10. The Morgan fingerprint density at radius 2 is 1.83 bits per heavy atom. The van der Waals surface area contributed by atoms with E-state index in [0.29, 0.717) is 17.0 Å². The fraction of sp³-hybridized carbons (Fsp3) is 0.455. The zero-order chi connectivity index (χ0) is 20.7. The van der Waals surface area contributed by atoms with Gasteiger partial charge in [-0.05, 0) is 49.2 Å². The SMILES string of the molecule is Cc1c(N2CCC(Oc3ccc(F)cc3)CC2)nc2c(c1C)C(=O)N(C)[C@@H]2CO. The molecule has 2 aliphatic heterocycles. The highest BCUT2D eigenvalue weighted by Crippen LogP contribution is 2.37. The summed E-state index contributed by atoms with van der Waals surface area (Å²) >= 11 is 0. The number of fused-ring (bicyclic) bond motifs is 1. The smallest absolute Gasteiger partial charge is 0.256 e. The molecular weight excluding hydrogens is 373 g/mol. The second-order valence-electron chi connectivity index (χ2n) is 7.82. The predicted octanol–water partition coefficient (Wildman–Crippen LogP) is 3.00. The maximum atomic E-state index is 13.1. The number of likely N-dealkylation sites (N-methyl/N-ethyl adjacent to an activating group) is 1. The lowest BCUT2D eigenvalue weighted by molar-refractivity contribution is 0.0714. The van der Waals surface area contributed by atoms with Gasteiger partial charge >= 0.3 is 0 Å². The molecule has 1 N–H and O–H groups in total. The highest BCUT2D eigenvalue weighted by Gasteiger charge is 2.38. The lowest BCUT2D eigenvalue weighted by Gasteiger charge is -2.34. The molecule has 1 aromatic carbocycles. The third-order valence-electron chi connectivity index (χ3n) is 6.10. The zero-order valence-corrected chi connectivity index (χ0v) is 17.0. The van der Waals surface area contributed by atoms with Gasteiger partial charge in [-0.25, -0.2) is 9.37 Å². The number of ether oxygens (including phenoxy) is 1. The number of nitrogens with zero attached hydrogens (tertiary/aromatic N) is 3. The summed E-state index contributed by atoms with van der Waals surface area (Å²) in [4.78, 5) is 21.2. The van der Waals surface area contributed by atoms with E-state index in [0.717, 1.165) is 42.9 Å². The number of carbonyl (C=O) groups is 1. The largest absolute Gasteiger partial charge is 0.490 e. The van der Waals surface area contributed by atoms with Gasteiger partial charge in [-0.1, -0.05) is 0 Å². The number of amides is 1. The molecule has 1 fully saturated rings. The van der Waals surface area contributed by atoms with Gasteiger partial charge in [-0.3, -0.25) is 4.79 Å². The number of hydrogen-bond donors (Lipinski definition) is 1. The van der Waals surface area contributed by atoms with Gasteiger partial charge in [0.1, 0.15) is 23.5 Å². The zero-order valence-electron chi connectivity index (χ0n) is 17.0. The van der Waals surface area contributed by atoms with Gasteiger partial charge in [-0.2, -0.15) is 0 Å². The Balaban J connectivity index is 1.52. The van der Waals surface area contributed by atoms with Crippen molar-refractivity contribution in [1.82, 2.24) is 9.88 Å². The molecule has 1 aromatic heterocycles. The van der Waals surface area contributed by atoms with Crippen molar-refractivity contribution in [3.8, 4) is 5.75 Å². The summed E-state index contributed by atoms with van der Waals surface area (Å²) < 4.78 is 19.0. The van der Waals surface area contributed by atoms with Crippen LogP contribution in [0.1, 0.15) is 46.1 Å². The quantitative estimate of drug-likeness (QED) is 0.856. The minimum Gasteiger partial charge on any atom is -0.490 e. The predicted molar refractivity (Wildman–Crippen MR) is 108 cm³/mol. The lowest BCUT2D eigenvalue weighted by Crippen LogP contribution is -2.39. The van der Waals surface area contributed by atoms with E-state index in [1.807, 2.05) is 13.8 Å². The minimum atomic E-state index is -0.394. The molecule has 0 radical (unpaired) electrons. The summed E-state index contributed by atoms with van der Waals surface area (Å²) in [6.45, 7) is 5.38. The first kappa shape index (κ1) is 19.6. The number of benzene rings is 1. The summed E-state index contributed by atoms with van der Waals surface area (Å²) in [6, 6.07) is 5.72. The molecule has 6 nitrogen and oxygen atoms in total. The first-order valence-electron chi connectivity index (χ1n) is 9.97. The maximum absolute atomic E-state index is 13.1. The Kier molecular flexibility index (Phi) is 5.17. The highest BCUT2D eigenvalue weighted by atomic mass is 19.1. The lowest BCUT2D eigenvalue weighted by atomic mass is 10.00. The average Bonchev–Trinajstić information content (AvgIpc) is 2.97. The molecule has 1 saturated heterocycles. The average molecular weight is 399 g/mol. The molecule has 29 heavy (non-hydrogen) atoms. The summed E-state index contributed by atoms with van der Waals surface area (Å²) in [5.74, 6) is 1.21.